The van der Waals surface area contributed by atoms with Crippen molar-refractivity contribution >= 4 is 21.4 Å². The highest BCUT2D eigenvalue weighted by atomic mass is 32.1. The van der Waals surface area contributed by atoms with E-state index < -0.39 is 0 Å². The first-order valence-electron chi connectivity index (χ1n) is 8.53. The molecule has 0 bridgehead atoms. The largest absolute Gasteiger partial charge is 0.508 e. The Morgan fingerprint density at radius 3 is 2.69 bits per heavy atom. The van der Waals surface area contributed by atoms with Crippen molar-refractivity contribution in [1.82, 2.24) is 4.90 Å². The minimum absolute atomic E-state index is 0.209. The van der Waals surface area contributed by atoms with Crippen LogP contribution in [0.5, 0.6) is 23.0 Å². The number of benzene rings is 2. The van der Waals surface area contributed by atoms with Gasteiger partial charge in [-0.05, 0) is 42.5 Å². The fraction of sp³-hybridized carbons (Fsp3) is 0.300. The van der Waals surface area contributed by atoms with Gasteiger partial charge in [0.2, 0.25) is 0 Å². The minimum Gasteiger partial charge on any atom is -0.508 e. The summed E-state index contributed by atoms with van der Waals surface area (Å²) in [5, 5.41) is 13.6. The van der Waals surface area contributed by atoms with Crippen LogP contribution in [0.4, 0.5) is 4.39 Å². The van der Waals surface area contributed by atoms with E-state index >= 15 is 0 Å². The molecule has 1 N–H and O–H groups in total. The first kappa shape index (κ1) is 17.1. The van der Waals surface area contributed by atoms with Crippen molar-refractivity contribution in [3.63, 3.8) is 0 Å². The van der Waals surface area contributed by atoms with Crippen molar-refractivity contribution in [2.75, 3.05) is 32.9 Å². The van der Waals surface area contributed by atoms with Crippen LogP contribution in [0.3, 0.4) is 0 Å². The number of thiophene rings is 1. The third-order valence-corrected chi connectivity index (χ3v) is 5.28. The number of halogens is 1. The van der Waals surface area contributed by atoms with Crippen molar-refractivity contribution in [3.05, 3.63) is 47.8 Å². The number of phenols is 1. The van der Waals surface area contributed by atoms with Crippen molar-refractivity contribution in [3.8, 4) is 23.0 Å². The molecule has 0 saturated carbocycles. The Hall–Kier alpha value is -2.31. The maximum Gasteiger partial charge on any atom is 0.154 e. The summed E-state index contributed by atoms with van der Waals surface area (Å²) in [7, 11) is 0. The number of aromatic hydroxyl groups is 1. The normalized spacial score (nSPS) is 15.1. The molecule has 0 amide bonds. The summed E-state index contributed by atoms with van der Waals surface area (Å²) in [4.78, 5) is 2.19. The Balaban J connectivity index is 1.31. The third-order valence-electron chi connectivity index (χ3n) is 4.43. The Kier molecular flexibility index (Phi) is 4.95. The van der Waals surface area contributed by atoms with Gasteiger partial charge < -0.3 is 14.6 Å². The second-order valence-corrected chi connectivity index (χ2v) is 7.26. The number of rotatable bonds is 7. The molecule has 1 aliphatic heterocycles. The number of ether oxygens (including phenoxy) is 2. The summed E-state index contributed by atoms with van der Waals surface area (Å²) in [6.45, 7) is 2.84. The summed E-state index contributed by atoms with van der Waals surface area (Å²) in [5.41, 5.74) is 0. The highest BCUT2D eigenvalue weighted by Gasteiger charge is 2.25. The van der Waals surface area contributed by atoms with Crippen LogP contribution in [0.1, 0.15) is 0 Å². The van der Waals surface area contributed by atoms with E-state index in [2.05, 4.69) is 10.3 Å². The average molecular weight is 372 g/mol. The number of alkyl halides is 1. The van der Waals surface area contributed by atoms with Gasteiger partial charge in [-0.3, -0.25) is 9.29 Å². The third kappa shape index (κ3) is 3.76. The summed E-state index contributed by atoms with van der Waals surface area (Å²) < 4.78 is 24.9. The second kappa shape index (κ2) is 7.51. The SMILES string of the molecule is Oc1ccc2c(Oc3ccc(OCCN4CC(CF)C4)cc3)[c]sc2c1. The van der Waals surface area contributed by atoms with E-state index in [1.807, 2.05) is 30.3 Å². The lowest BCUT2D eigenvalue weighted by Gasteiger charge is -2.37. The predicted octanol–water partition coefficient (Wildman–Crippen LogP) is 4.48. The highest BCUT2D eigenvalue weighted by molar-refractivity contribution is 7.17. The van der Waals surface area contributed by atoms with E-state index in [1.54, 1.807) is 12.1 Å². The van der Waals surface area contributed by atoms with E-state index in [1.165, 1.54) is 11.3 Å². The average Bonchev–Trinajstić information content (AvgIpc) is 3.00. The van der Waals surface area contributed by atoms with Crippen LogP contribution in [0, 0.1) is 11.3 Å². The fourth-order valence-corrected chi connectivity index (χ4v) is 3.79. The van der Waals surface area contributed by atoms with Crippen LogP contribution in [0.25, 0.3) is 10.1 Å². The van der Waals surface area contributed by atoms with Gasteiger partial charge in [0.05, 0.1) is 12.1 Å². The van der Waals surface area contributed by atoms with Crippen molar-refractivity contribution in [2.45, 2.75) is 0 Å². The summed E-state index contributed by atoms with van der Waals surface area (Å²) >= 11 is 1.41. The molecule has 2 heterocycles. The number of phenolic OH excluding ortho intramolecular Hbond substituents is 1. The molecule has 0 atom stereocenters. The molecular formula is C20H19FNO3S. The van der Waals surface area contributed by atoms with Crippen molar-refractivity contribution in [2.24, 2.45) is 5.92 Å². The summed E-state index contributed by atoms with van der Waals surface area (Å²) in [6, 6.07) is 12.6. The summed E-state index contributed by atoms with van der Waals surface area (Å²) in [5.74, 6) is 2.58. The van der Waals surface area contributed by atoms with E-state index in [0.717, 1.165) is 35.5 Å². The van der Waals surface area contributed by atoms with E-state index in [4.69, 9.17) is 9.47 Å². The standard InChI is InChI=1S/C20H19FNO3S/c21-10-14-11-22(12-14)7-8-24-16-2-4-17(5-3-16)25-19-13-26-20-9-15(23)1-6-18(19)20/h1-6,9,14,23H,7-8,10-12H2. The number of hydrogen-bond donors (Lipinski definition) is 1. The molecule has 135 valence electrons. The zero-order valence-corrected chi connectivity index (χ0v) is 15.0. The fourth-order valence-electron chi connectivity index (χ4n) is 2.99. The maximum absolute atomic E-state index is 12.4. The van der Waals surface area contributed by atoms with Crippen molar-refractivity contribution < 1.29 is 19.0 Å². The highest BCUT2D eigenvalue weighted by Crippen LogP contribution is 2.36. The molecule has 4 nitrogen and oxygen atoms in total. The molecule has 26 heavy (non-hydrogen) atoms. The van der Waals surface area contributed by atoms with Crippen molar-refractivity contribution in [1.29, 1.82) is 0 Å². The first-order valence-corrected chi connectivity index (χ1v) is 9.35. The molecule has 1 aliphatic rings. The van der Waals surface area contributed by atoms with Gasteiger partial charge in [0.15, 0.2) is 5.75 Å². The number of nitrogens with zero attached hydrogens (tertiary/aromatic N) is 1. The van der Waals surface area contributed by atoms with Gasteiger partial charge in [-0.25, -0.2) is 0 Å². The molecule has 3 aromatic rings. The quantitative estimate of drug-likeness (QED) is 0.664. The minimum atomic E-state index is -0.225. The van der Waals surface area contributed by atoms with E-state index in [0.29, 0.717) is 18.1 Å². The summed E-state index contributed by atoms with van der Waals surface area (Å²) in [6.07, 6.45) is 0. The molecule has 4 rings (SSSR count). The molecule has 1 radical (unpaired) electrons. The Morgan fingerprint density at radius 2 is 1.92 bits per heavy atom. The van der Waals surface area contributed by atoms with Gasteiger partial charge in [-0.1, -0.05) is 0 Å². The van der Waals surface area contributed by atoms with Gasteiger partial charge in [0.25, 0.3) is 0 Å². The van der Waals surface area contributed by atoms with Gasteiger partial charge in [0.1, 0.15) is 23.9 Å². The molecule has 6 heteroatoms. The van der Waals surface area contributed by atoms with Crippen LogP contribution in [0.2, 0.25) is 0 Å². The van der Waals surface area contributed by atoms with Gasteiger partial charge >= 0.3 is 0 Å². The van der Waals surface area contributed by atoms with Crippen LogP contribution < -0.4 is 9.47 Å². The lowest BCUT2D eigenvalue weighted by Crippen LogP contribution is -2.49. The number of hydrogen-bond acceptors (Lipinski definition) is 5. The van der Waals surface area contributed by atoms with Crippen LogP contribution in [-0.2, 0) is 0 Å². The molecule has 0 unspecified atom stereocenters. The Labute approximate surface area is 155 Å². The molecule has 2 aromatic carbocycles. The van der Waals surface area contributed by atoms with E-state index in [-0.39, 0.29) is 18.3 Å². The second-order valence-electron chi connectivity index (χ2n) is 6.42. The molecular weight excluding hydrogens is 353 g/mol. The number of fused-ring (bicyclic) bond motifs is 1. The van der Waals surface area contributed by atoms with Gasteiger partial charge in [0, 0.05) is 35.6 Å². The molecule has 0 spiro atoms. The first-order chi connectivity index (χ1) is 12.7. The smallest absolute Gasteiger partial charge is 0.154 e. The number of likely N-dealkylation sites (tertiary alicyclic amines) is 1. The van der Waals surface area contributed by atoms with Crippen LogP contribution in [-0.4, -0.2) is 42.9 Å². The van der Waals surface area contributed by atoms with Gasteiger partial charge in [-0.2, -0.15) is 0 Å². The zero-order chi connectivity index (χ0) is 17.9. The maximum atomic E-state index is 12.4. The van der Waals surface area contributed by atoms with Gasteiger partial charge in [-0.15, -0.1) is 11.3 Å². The zero-order valence-electron chi connectivity index (χ0n) is 14.2. The topological polar surface area (TPSA) is 41.9 Å². The molecule has 1 aromatic heterocycles. The molecule has 0 aliphatic carbocycles. The monoisotopic (exact) mass is 372 g/mol. The predicted molar refractivity (Wildman–Crippen MR) is 100 cm³/mol. The Bertz CT molecular complexity index is 874. The van der Waals surface area contributed by atoms with Crippen LogP contribution in [0.15, 0.2) is 42.5 Å². The Morgan fingerprint density at radius 1 is 1.15 bits per heavy atom. The van der Waals surface area contributed by atoms with E-state index in [9.17, 15) is 9.50 Å². The molecule has 1 saturated heterocycles. The lowest BCUT2D eigenvalue weighted by atomic mass is 10.0. The lowest BCUT2D eigenvalue weighted by molar-refractivity contribution is 0.0668. The molecule has 1 fully saturated rings. The van der Waals surface area contributed by atoms with Crippen LogP contribution >= 0.6 is 11.3 Å².